The third kappa shape index (κ3) is 13.6. The van der Waals surface area contributed by atoms with E-state index < -0.39 is 0 Å². The summed E-state index contributed by atoms with van der Waals surface area (Å²) in [5.74, 6) is 2.46. The lowest BCUT2D eigenvalue weighted by atomic mass is 9.97. The first kappa shape index (κ1) is 36.9. The fourth-order valence-corrected chi connectivity index (χ4v) is 7.54. The molecule has 3 heterocycles. The van der Waals surface area contributed by atoms with Crippen molar-refractivity contribution in [1.29, 1.82) is 0 Å². The molecular weight excluding hydrogens is 474 g/mol. The van der Waals surface area contributed by atoms with Crippen LogP contribution in [0.15, 0.2) is 0 Å². The molecule has 0 N–H and O–H groups in total. The lowest BCUT2D eigenvalue weighted by Gasteiger charge is -2.36. The van der Waals surface area contributed by atoms with Crippen LogP contribution in [-0.4, -0.2) is 70.6 Å². The fraction of sp³-hybridized carbons (Fsp3) is 1.00. The van der Waals surface area contributed by atoms with Crippen LogP contribution in [0.3, 0.4) is 0 Å². The summed E-state index contributed by atoms with van der Waals surface area (Å²) < 4.78 is 0. The molecule has 3 rings (SSSR count). The van der Waals surface area contributed by atoms with Crippen molar-refractivity contribution in [1.82, 2.24) is 14.7 Å². The number of rotatable bonds is 6. The van der Waals surface area contributed by atoms with Crippen molar-refractivity contribution in [2.75, 3.05) is 19.6 Å². The van der Waals surface area contributed by atoms with Crippen molar-refractivity contribution in [3.05, 3.63) is 0 Å². The molecule has 3 aliphatic heterocycles. The normalized spacial score (nSPS) is 26.8. The summed E-state index contributed by atoms with van der Waals surface area (Å²) in [7, 11) is 0. The Hall–Kier alpha value is -0.120. The minimum atomic E-state index is 0. The van der Waals surface area contributed by atoms with E-state index >= 15 is 0 Å². The zero-order valence-electron chi connectivity index (χ0n) is 29.1. The highest BCUT2D eigenvalue weighted by Gasteiger charge is 2.27. The van der Waals surface area contributed by atoms with E-state index in [2.05, 4.69) is 97.8 Å². The summed E-state index contributed by atoms with van der Waals surface area (Å²) >= 11 is 0. The highest BCUT2D eigenvalue weighted by molar-refractivity contribution is 4.82. The zero-order chi connectivity index (χ0) is 29.5. The Kier molecular flexibility index (Phi) is 18.8. The zero-order valence-corrected chi connectivity index (χ0v) is 29.1. The van der Waals surface area contributed by atoms with Gasteiger partial charge in [0.15, 0.2) is 0 Å². The molecule has 3 aliphatic rings. The molecular formula is C36H81N3. The van der Waals surface area contributed by atoms with Crippen LogP contribution in [0.4, 0.5) is 0 Å². The lowest BCUT2D eigenvalue weighted by molar-refractivity contribution is 0.121. The first-order chi connectivity index (χ1) is 18.4. The van der Waals surface area contributed by atoms with E-state index in [1.807, 2.05) is 0 Å². The number of hydrogen-bond donors (Lipinski definition) is 0. The first-order valence-electron chi connectivity index (χ1n) is 17.7. The van der Waals surface area contributed by atoms with Crippen molar-refractivity contribution < 1.29 is 4.28 Å². The third-order valence-corrected chi connectivity index (χ3v) is 9.83. The summed E-state index contributed by atoms with van der Waals surface area (Å²) in [5.41, 5.74) is 0. The molecule has 0 spiro atoms. The monoisotopic (exact) mass is 556 g/mol. The van der Waals surface area contributed by atoms with Crippen LogP contribution < -0.4 is 0 Å². The molecule has 3 nitrogen and oxygen atoms in total. The highest BCUT2D eigenvalue weighted by Crippen LogP contribution is 2.26. The molecule has 3 atom stereocenters. The fourth-order valence-electron chi connectivity index (χ4n) is 7.54. The van der Waals surface area contributed by atoms with Gasteiger partial charge < -0.3 is 0 Å². The van der Waals surface area contributed by atoms with Gasteiger partial charge in [0.05, 0.1) is 0 Å². The molecule has 0 aromatic carbocycles. The maximum absolute atomic E-state index is 2.71. The maximum Gasteiger partial charge on any atom is 0.0121 e. The van der Waals surface area contributed by atoms with Gasteiger partial charge in [-0.25, -0.2) is 0 Å². The minimum absolute atomic E-state index is 0. The summed E-state index contributed by atoms with van der Waals surface area (Å²) in [6.45, 7) is 32.2. The second-order valence-corrected chi connectivity index (χ2v) is 15.0. The van der Waals surface area contributed by atoms with E-state index in [9.17, 15) is 0 Å². The molecule has 3 fully saturated rings. The molecule has 0 radical (unpaired) electrons. The van der Waals surface area contributed by atoms with Gasteiger partial charge in [0.1, 0.15) is 0 Å². The van der Waals surface area contributed by atoms with Crippen molar-refractivity contribution in [3.8, 4) is 0 Å². The standard InChI is InChI=1S/3C12H25N.3H2/c3*1-10(2)12-8-6-5-7-9-13(12)11(3)4;;;/h3*10-12H,5-9H2,1-4H3;3*1H. The molecule has 240 valence electrons. The molecule has 3 heteroatoms. The van der Waals surface area contributed by atoms with Crippen LogP contribution in [0.1, 0.15) is 164 Å². The average Bonchev–Trinajstić information content (AvgIpc) is 3.36. The topological polar surface area (TPSA) is 9.72 Å². The Morgan fingerprint density at radius 3 is 0.769 bits per heavy atom. The average molecular weight is 556 g/mol. The molecule has 3 unspecified atom stereocenters. The van der Waals surface area contributed by atoms with E-state index in [0.29, 0.717) is 0 Å². The predicted molar refractivity (Wildman–Crippen MR) is 183 cm³/mol. The van der Waals surface area contributed by atoms with Gasteiger partial charge in [0, 0.05) is 40.5 Å². The summed E-state index contributed by atoms with van der Waals surface area (Å²) in [4.78, 5) is 8.12. The summed E-state index contributed by atoms with van der Waals surface area (Å²) in [5, 5.41) is 0. The summed E-state index contributed by atoms with van der Waals surface area (Å²) in [6, 6.07) is 4.69. The van der Waals surface area contributed by atoms with Gasteiger partial charge in [-0.3, -0.25) is 14.7 Å². The smallest absolute Gasteiger partial charge is 0.0121 e. The van der Waals surface area contributed by atoms with Crippen LogP contribution in [0.25, 0.3) is 0 Å². The molecule has 3 saturated heterocycles. The van der Waals surface area contributed by atoms with Crippen LogP contribution in [0.2, 0.25) is 0 Å². The molecule has 0 aromatic rings. The van der Waals surface area contributed by atoms with E-state index in [0.717, 1.165) is 54.0 Å². The summed E-state index contributed by atoms with van der Waals surface area (Å²) in [6.07, 6.45) is 17.1. The van der Waals surface area contributed by atoms with Crippen LogP contribution in [0.5, 0.6) is 0 Å². The Morgan fingerprint density at radius 2 is 0.590 bits per heavy atom. The molecule has 0 aromatic heterocycles. The van der Waals surface area contributed by atoms with Crippen molar-refractivity contribution >= 4 is 0 Å². The molecule has 39 heavy (non-hydrogen) atoms. The van der Waals surface area contributed by atoms with Gasteiger partial charge in [0.2, 0.25) is 0 Å². The largest absolute Gasteiger partial charge is 0.298 e. The Bertz CT molecular complexity index is 469. The van der Waals surface area contributed by atoms with Crippen LogP contribution >= 0.6 is 0 Å². The second-order valence-electron chi connectivity index (χ2n) is 15.0. The lowest BCUT2D eigenvalue weighted by Crippen LogP contribution is -2.42. The predicted octanol–water partition coefficient (Wildman–Crippen LogP) is 10.6. The maximum atomic E-state index is 2.71. The third-order valence-electron chi connectivity index (χ3n) is 9.83. The SMILES string of the molecule is CC(C)C1CCCCCN1C(C)C.CC(C)C1CCCCCN1C(C)C.CC(C)C1CCCCCN1C(C)C.[HH].[HH].[HH]. The van der Waals surface area contributed by atoms with Crippen molar-refractivity contribution in [2.24, 2.45) is 17.8 Å². The second kappa shape index (κ2) is 19.9. The van der Waals surface area contributed by atoms with Crippen LogP contribution in [0, 0.1) is 17.8 Å². The number of likely N-dealkylation sites (tertiary alicyclic amines) is 3. The first-order valence-corrected chi connectivity index (χ1v) is 17.7. The number of hydrogen-bond acceptors (Lipinski definition) is 3. The van der Waals surface area contributed by atoms with E-state index in [4.69, 9.17) is 0 Å². The van der Waals surface area contributed by atoms with E-state index in [1.165, 1.54) is 96.7 Å². The van der Waals surface area contributed by atoms with Gasteiger partial charge in [-0.1, -0.05) is 80.1 Å². The van der Waals surface area contributed by atoms with Gasteiger partial charge in [-0.2, -0.15) is 0 Å². The quantitative estimate of drug-likeness (QED) is 0.323. The van der Waals surface area contributed by atoms with Gasteiger partial charge in [-0.15, -0.1) is 0 Å². The molecule has 0 bridgehead atoms. The Balaban J connectivity index is -0.000000524. The van der Waals surface area contributed by atoms with Crippen LogP contribution in [-0.2, 0) is 0 Å². The van der Waals surface area contributed by atoms with Gasteiger partial charge in [0.25, 0.3) is 0 Å². The van der Waals surface area contributed by atoms with Crippen molar-refractivity contribution in [3.63, 3.8) is 0 Å². The van der Waals surface area contributed by atoms with E-state index in [-0.39, 0.29) is 4.28 Å². The van der Waals surface area contributed by atoms with Crippen molar-refractivity contribution in [2.45, 2.75) is 196 Å². The molecule has 0 amide bonds. The molecule has 0 aliphatic carbocycles. The Morgan fingerprint density at radius 1 is 0.359 bits per heavy atom. The Labute approximate surface area is 252 Å². The van der Waals surface area contributed by atoms with Gasteiger partial charge in [-0.05, 0) is 117 Å². The highest BCUT2D eigenvalue weighted by atomic mass is 15.2. The van der Waals surface area contributed by atoms with E-state index in [1.54, 1.807) is 0 Å². The minimum Gasteiger partial charge on any atom is -0.298 e. The number of nitrogens with zero attached hydrogens (tertiary/aromatic N) is 3. The van der Waals surface area contributed by atoms with Gasteiger partial charge >= 0.3 is 0 Å². The molecule has 0 saturated carbocycles.